The highest BCUT2D eigenvalue weighted by atomic mass is 35.5. The SMILES string of the molecule is COc1cc(OC)c2c(c1)c(C)nc(=O)n2CCC(=O)O.Cl. The number of halogens is 1. The second-order valence-electron chi connectivity index (χ2n) is 4.50. The Bertz CT molecular complexity index is 757. The molecule has 0 aliphatic rings. The number of carboxylic acids is 1. The zero-order chi connectivity index (χ0) is 15.6. The van der Waals surface area contributed by atoms with Gasteiger partial charge in [0.25, 0.3) is 0 Å². The van der Waals surface area contributed by atoms with Gasteiger partial charge >= 0.3 is 11.7 Å². The molecule has 2 aromatic rings. The van der Waals surface area contributed by atoms with Crippen molar-refractivity contribution >= 4 is 29.3 Å². The van der Waals surface area contributed by atoms with Crippen LogP contribution in [-0.2, 0) is 11.3 Å². The number of hydrogen-bond acceptors (Lipinski definition) is 5. The summed E-state index contributed by atoms with van der Waals surface area (Å²) in [4.78, 5) is 26.7. The molecule has 1 heterocycles. The van der Waals surface area contributed by atoms with Gasteiger partial charge in [-0.3, -0.25) is 9.36 Å². The molecule has 0 bridgehead atoms. The van der Waals surface area contributed by atoms with Gasteiger partial charge in [-0.2, -0.15) is 4.98 Å². The van der Waals surface area contributed by atoms with Crippen LogP contribution in [0.3, 0.4) is 0 Å². The van der Waals surface area contributed by atoms with Crippen LogP contribution in [0, 0.1) is 6.92 Å². The Kier molecular flexibility index (Phi) is 5.76. The molecule has 0 aliphatic heterocycles. The second-order valence-corrected chi connectivity index (χ2v) is 4.50. The first-order valence-electron chi connectivity index (χ1n) is 6.33. The summed E-state index contributed by atoms with van der Waals surface area (Å²) in [7, 11) is 3.01. The number of benzene rings is 1. The Morgan fingerprint density at radius 3 is 2.55 bits per heavy atom. The van der Waals surface area contributed by atoms with Crippen LogP contribution in [0.2, 0.25) is 0 Å². The summed E-state index contributed by atoms with van der Waals surface area (Å²) in [6.45, 7) is 1.74. The monoisotopic (exact) mass is 328 g/mol. The molecule has 0 amide bonds. The predicted octanol–water partition coefficient (Wildman–Crippen LogP) is 1.62. The van der Waals surface area contributed by atoms with Crippen molar-refractivity contribution in [3.63, 3.8) is 0 Å². The lowest BCUT2D eigenvalue weighted by Gasteiger charge is -2.15. The minimum atomic E-state index is -0.983. The maximum Gasteiger partial charge on any atom is 0.348 e. The van der Waals surface area contributed by atoms with Crippen molar-refractivity contribution in [1.29, 1.82) is 0 Å². The Balaban J connectivity index is 0.00000242. The van der Waals surface area contributed by atoms with Gasteiger partial charge in [0, 0.05) is 18.0 Å². The highest BCUT2D eigenvalue weighted by Gasteiger charge is 2.15. The van der Waals surface area contributed by atoms with Gasteiger partial charge in [0.2, 0.25) is 0 Å². The van der Waals surface area contributed by atoms with Crippen molar-refractivity contribution < 1.29 is 19.4 Å². The average molecular weight is 329 g/mol. The van der Waals surface area contributed by atoms with Crippen molar-refractivity contribution in [2.24, 2.45) is 0 Å². The van der Waals surface area contributed by atoms with Crippen LogP contribution in [-0.4, -0.2) is 34.8 Å². The summed E-state index contributed by atoms with van der Waals surface area (Å²) in [6.07, 6.45) is -0.172. The Morgan fingerprint density at radius 2 is 2.00 bits per heavy atom. The molecule has 2 rings (SSSR count). The van der Waals surface area contributed by atoms with Gasteiger partial charge in [0.15, 0.2) is 0 Å². The summed E-state index contributed by atoms with van der Waals surface area (Å²) in [6, 6.07) is 3.40. The highest BCUT2D eigenvalue weighted by Crippen LogP contribution is 2.31. The smallest absolute Gasteiger partial charge is 0.348 e. The number of aryl methyl sites for hydroxylation is 2. The van der Waals surface area contributed by atoms with E-state index in [2.05, 4.69) is 4.98 Å². The third kappa shape index (κ3) is 3.30. The molecule has 0 spiro atoms. The molecule has 1 N–H and O–H groups in total. The van der Waals surface area contributed by atoms with Gasteiger partial charge in [-0.15, -0.1) is 12.4 Å². The second kappa shape index (κ2) is 7.13. The Morgan fingerprint density at radius 1 is 1.32 bits per heavy atom. The van der Waals surface area contributed by atoms with Crippen LogP contribution in [0.5, 0.6) is 11.5 Å². The van der Waals surface area contributed by atoms with Gasteiger partial charge in [0.1, 0.15) is 11.5 Å². The zero-order valence-electron chi connectivity index (χ0n) is 12.5. The molecule has 1 aromatic heterocycles. The fourth-order valence-corrected chi connectivity index (χ4v) is 2.18. The molecular formula is C14H17ClN2O5. The summed E-state index contributed by atoms with van der Waals surface area (Å²) in [5, 5.41) is 9.50. The third-order valence-corrected chi connectivity index (χ3v) is 3.21. The topological polar surface area (TPSA) is 90.7 Å². The first kappa shape index (κ1) is 17.8. The highest BCUT2D eigenvalue weighted by molar-refractivity contribution is 5.88. The van der Waals surface area contributed by atoms with E-state index in [-0.39, 0.29) is 25.4 Å². The van der Waals surface area contributed by atoms with Gasteiger partial charge in [-0.1, -0.05) is 0 Å². The van der Waals surface area contributed by atoms with E-state index in [4.69, 9.17) is 14.6 Å². The van der Waals surface area contributed by atoms with Crippen molar-refractivity contribution in [2.75, 3.05) is 14.2 Å². The number of carbonyl (C=O) groups is 1. The van der Waals surface area contributed by atoms with Crippen molar-refractivity contribution in [3.05, 3.63) is 28.3 Å². The number of methoxy groups -OCH3 is 2. The summed E-state index contributed by atoms with van der Waals surface area (Å²) < 4.78 is 11.8. The van der Waals surface area contributed by atoms with E-state index in [0.717, 1.165) is 0 Å². The van der Waals surface area contributed by atoms with E-state index in [1.54, 1.807) is 19.1 Å². The quantitative estimate of drug-likeness (QED) is 0.897. The van der Waals surface area contributed by atoms with Gasteiger partial charge < -0.3 is 14.6 Å². The molecule has 0 saturated carbocycles. The minimum absolute atomic E-state index is 0. The van der Waals surface area contributed by atoms with Crippen LogP contribution < -0.4 is 15.2 Å². The summed E-state index contributed by atoms with van der Waals surface area (Å²) in [5.41, 5.74) is 0.570. The van der Waals surface area contributed by atoms with E-state index in [1.165, 1.54) is 18.8 Å². The van der Waals surface area contributed by atoms with Crippen LogP contribution in [0.4, 0.5) is 0 Å². The summed E-state index contributed by atoms with van der Waals surface area (Å²) >= 11 is 0. The molecule has 0 aliphatic carbocycles. The predicted molar refractivity (Wildman–Crippen MR) is 83.3 cm³/mol. The third-order valence-electron chi connectivity index (χ3n) is 3.21. The number of aromatic nitrogens is 2. The molecule has 0 fully saturated rings. The fourth-order valence-electron chi connectivity index (χ4n) is 2.18. The molecule has 0 atom stereocenters. The van der Waals surface area contributed by atoms with E-state index in [1.807, 2.05) is 0 Å². The first-order valence-corrected chi connectivity index (χ1v) is 6.33. The number of fused-ring (bicyclic) bond motifs is 1. The van der Waals surface area contributed by atoms with Gasteiger partial charge in [0.05, 0.1) is 31.9 Å². The molecule has 0 saturated heterocycles. The van der Waals surface area contributed by atoms with Crippen LogP contribution >= 0.6 is 12.4 Å². The minimum Gasteiger partial charge on any atom is -0.497 e. The van der Waals surface area contributed by atoms with E-state index >= 15 is 0 Å². The lowest BCUT2D eigenvalue weighted by atomic mass is 10.1. The standard InChI is InChI=1S/C14H16N2O5.ClH/c1-8-10-6-9(20-2)7-11(21-3)13(10)16(14(19)15-8)5-4-12(17)18;/h6-7H,4-5H2,1-3H3,(H,17,18);1H. The lowest BCUT2D eigenvalue weighted by molar-refractivity contribution is -0.137. The number of nitrogens with zero attached hydrogens (tertiary/aromatic N) is 2. The maximum atomic E-state index is 12.1. The van der Waals surface area contributed by atoms with Crippen LogP contribution in [0.25, 0.3) is 10.9 Å². The van der Waals surface area contributed by atoms with E-state index in [9.17, 15) is 9.59 Å². The Labute approximate surface area is 132 Å². The zero-order valence-corrected chi connectivity index (χ0v) is 13.3. The largest absolute Gasteiger partial charge is 0.497 e. The van der Waals surface area contributed by atoms with Crippen molar-refractivity contribution in [3.8, 4) is 11.5 Å². The number of rotatable bonds is 5. The van der Waals surface area contributed by atoms with Crippen LogP contribution in [0.1, 0.15) is 12.1 Å². The Hall–Kier alpha value is -2.28. The fraction of sp³-hybridized carbons (Fsp3) is 0.357. The molecule has 7 nitrogen and oxygen atoms in total. The molecule has 120 valence electrons. The molecular weight excluding hydrogens is 312 g/mol. The first-order chi connectivity index (χ1) is 9.97. The average Bonchev–Trinajstić information content (AvgIpc) is 2.45. The molecule has 22 heavy (non-hydrogen) atoms. The van der Waals surface area contributed by atoms with E-state index in [0.29, 0.717) is 28.1 Å². The number of aliphatic carboxylic acids is 1. The van der Waals surface area contributed by atoms with Crippen molar-refractivity contribution in [2.45, 2.75) is 19.9 Å². The maximum absolute atomic E-state index is 12.1. The molecule has 0 unspecified atom stereocenters. The number of hydrogen-bond donors (Lipinski definition) is 1. The number of ether oxygens (including phenoxy) is 2. The van der Waals surface area contributed by atoms with Crippen LogP contribution in [0.15, 0.2) is 16.9 Å². The summed E-state index contributed by atoms with van der Waals surface area (Å²) in [5.74, 6) is 0.0353. The molecule has 8 heteroatoms. The van der Waals surface area contributed by atoms with Gasteiger partial charge in [-0.25, -0.2) is 4.79 Å². The van der Waals surface area contributed by atoms with Gasteiger partial charge in [-0.05, 0) is 13.0 Å². The lowest BCUT2D eigenvalue weighted by Crippen LogP contribution is -2.25. The molecule has 0 radical (unpaired) electrons. The van der Waals surface area contributed by atoms with E-state index < -0.39 is 11.7 Å². The molecule has 1 aromatic carbocycles. The van der Waals surface area contributed by atoms with Crippen molar-refractivity contribution in [1.82, 2.24) is 9.55 Å². The normalized spacial score (nSPS) is 10.1. The number of carboxylic acid groups (broad SMARTS) is 1.